The van der Waals surface area contributed by atoms with E-state index in [2.05, 4.69) is 0 Å². The number of para-hydroxylation sites is 1. The highest BCUT2D eigenvalue weighted by atomic mass is 32.2. The molecular formula is C30H31NO6S. The van der Waals surface area contributed by atoms with E-state index in [1.54, 1.807) is 40.9 Å². The number of aryl methyl sites for hydroxylation is 2. The first-order chi connectivity index (χ1) is 18.2. The van der Waals surface area contributed by atoms with Crippen LogP contribution in [0.25, 0.3) is 0 Å². The fraction of sp³-hybridized carbons (Fsp3) is 0.300. The van der Waals surface area contributed by atoms with Gasteiger partial charge in [0.2, 0.25) is 0 Å². The second-order valence-corrected chi connectivity index (χ2v) is 10.4. The van der Waals surface area contributed by atoms with E-state index in [4.69, 9.17) is 14.6 Å². The number of nitrogens with zero attached hydrogens (tertiary/aromatic N) is 1. The first-order valence-electron chi connectivity index (χ1n) is 12.4. The molecule has 1 heterocycles. The van der Waals surface area contributed by atoms with Crippen LogP contribution in [-0.2, 0) is 11.2 Å². The van der Waals surface area contributed by atoms with Crippen molar-refractivity contribution >= 4 is 29.6 Å². The highest BCUT2D eigenvalue weighted by Gasteiger charge is 2.40. The van der Waals surface area contributed by atoms with E-state index < -0.39 is 18.7 Å². The number of likely N-dealkylation sites (tertiary alicyclic amines) is 1. The van der Waals surface area contributed by atoms with Crippen LogP contribution in [0.3, 0.4) is 0 Å². The summed E-state index contributed by atoms with van der Waals surface area (Å²) in [7, 11) is 0. The summed E-state index contributed by atoms with van der Waals surface area (Å²) in [6.07, 6.45) is 2.09. The zero-order valence-electron chi connectivity index (χ0n) is 21.7. The largest absolute Gasteiger partial charge is 0.481 e. The SMILES string of the molecule is CSc1ccc(C(=O)C2CN(C(=O)Oc3ccccc3)C[C@H]2Cc2cc(C)c(OCC(=O)O)c(C)c2)cc1. The molecule has 198 valence electrons. The number of carboxylic acid groups (broad SMARTS) is 1. The molecule has 0 aliphatic carbocycles. The fourth-order valence-corrected chi connectivity index (χ4v) is 5.38. The molecule has 3 aromatic rings. The molecule has 0 saturated carbocycles. The summed E-state index contributed by atoms with van der Waals surface area (Å²) < 4.78 is 11.0. The quantitative estimate of drug-likeness (QED) is 0.280. The van der Waals surface area contributed by atoms with E-state index >= 15 is 0 Å². The second kappa shape index (κ2) is 12.2. The van der Waals surface area contributed by atoms with E-state index in [1.807, 2.05) is 62.6 Å². The number of benzene rings is 3. The lowest BCUT2D eigenvalue weighted by atomic mass is 9.84. The van der Waals surface area contributed by atoms with Crippen molar-refractivity contribution in [1.29, 1.82) is 0 Å². The molecule has 1 fully saturated rings. The first-order valence-corrected chi connectivity index (χ1v) is 13.6. The minimum atomic E-state index is -1.03. The lowest BCUT2D eigenvalue weighted by Crippen LogP contribution is -2.32. The van der Waals surface area contributed by atoms with Crippen LogP contribution in [0.2, 0.25) is 0 Å². The highest BCUT2D eigenvalue weighted by Crippen LogP contribution is 2.33. The Hall–Kier alpha value is -3.78. The Labute approximate surface area is 226 Å². The van der Waals surface area contributed by atoms with E-state index in [9.17, 15) is 14.4 Å². The Morgan fingerprint density at radius 2 is 1.63 bits per heavy atom. The lowest BCUT2D eigenvalue weighted by Gasteiger charge is -2.19. The zero-order valence-corrected chi connectivity index (χ0v) is 22.5. The molecule has 1 amide bonds. The van der Waals surface area contributed by atoms with Crippen LogP contribution < -0.4 is 9.47 Å². The number of hydrogen-bond donors (Lipinski definition) is 1. The molecular weight excluding hydrogens is 502 g/mol. The lowest BCUT2D eigenvalue weighted by molar-refractivity contribution is -0.139. The van der Waals surface area contributed by atoms with Crippen molar-refractivity contribution < 1.29 is 29.0 Å². The van der Waals surface area contributed by atoms with E-state index in [0.29, 0.717) is 30.0 Å². The summed E-state index contributed by atoms with van der Waals surface area (Å²) in [6.45, 7) is 4.01. The van der Waals surface area contributed by atoms with Gasteiger partial charge in [0.05, 0.1) is 0 Å². The Bertz CT molecular complexity index is 1290. The molecule has 4 rings (SSSR count). The molecule has 1 N–H and O–H groups in total. The minimum Gasteiger partial charge on any atom is -0.481 e. The van der Waals surface area contributed by atoms with Crippen molar-refractivity contribution in [3.8, 4) is 11.5 Å². The van der Waals surface area contributed by atoms with Gasteiger partial charge < -0.3 is 19.5 Å². The van der Waals surface area contributed by atoms with Gasteiger partial charge in [0.15, 0.2) is 12.4 Å². The first kappa shape index (κ1) is 27.3. The van der Waals surface area contributed by atoms with Crippen LogP contribution in [-0.4, -0.2) is 53.8 Å². The van der Waals surface area contributed by atoms with Gasteiger partial charge in [0.25, 0.3) is 0 Å². The average molecular weight is 534 g/mol. The van der Waals surface area contributed by atoms with E-state index in [-0.39, 0.29) is 24.2 Å². The van der Waals surface area contributed by atoms with Gasteiger partial charge in [-0.2, -0.15) is 0 Å². The molecule has 7 nitrogen and oxygen atoms in total. The summed E-state index contributed by atoms with van der Waals surface area (Å²) in [6, 6.07) is 20.4. The third kappa shape index (κ3) is 6.55. The molecule has 8 heteroatoms. The molecule has 0 radical (unpaired) electrons. The summed E-state index contributed by atoms with van der Waals surface area (Å²) in [5.41, 5.74) is 3.28. The Balaban J connectivity index is 1.57. The van der Waals surface area contributed by atoms with Crippen molar-refractivity contribution in [2.75, 3.05) is 26.0 Å². The normalized spacial score (nSPS) is 16.8. The van der Waals surface area contributed by atoms with Crippen molar-refractivity contribution in [3.63, 3.8) is 0 Å². The van der Waals surface area contributed by atoms with Gasteiger partial charge in [-0.05, 0) is 73.4 Å². The smallest absolute Gasteiger partial charge is 0.415 e. The predicted molar refractivity (Wildman–Crippen MR) is 146 cm³/mol. The number of ketones is 1. The van der Waals surface area contributed by atoms with Crippen LogP contribution in [0.5, 0.6) is 11.5 Å². The van der Waals surface area contributed by atoms with Crippen LogP contribution in [0.1, 0.15) is 27.0 Å². The Morgan fingerprint density at radius 3 is 2.24 bits per heavy atom. The summed E-state index contributed by atoms with van der Waals surface area (Å²) in [5, 5.41) is 8.97. The third-order valence-corrected chi connectivity index (χ3v) is 7.46. The van der Waals surface area contributed by atoms with Gasteiger partial charge in [-0.1, -0.05) is 42.5 Å². The molecule has 1 unspecified atom stereocenters. The maximum Gasteiger partial charge on any atom is 0.415 e. The molecule has 1 aliphatic rings. The summed E-state index contributed by atoms with van der Waals surface area (Å²) >= 11 is 1.61. The number of carbonyl (C=O) groups is 3. The monoisotopic (exact) mass is 533 g/mol. The number of ether oxygens (including phenoxy) is 2. The van der Waals surface area contributed by atoms with Crippen molar-refractivity contribution in [1.82, 2.24) is 4.90 Å². The topological polar surface area (TPSA) is 93.1 Å². The van der Waals surface area contributed by atoms with Crippen LogP contribution in [0, 0.1) is 25.7 Å². The van der Waals surface area contributed by atoms with Gasteiger partial charge in [-0.25, -0.2) is 9.59 Å². The average Bonchev–Trinajstić information content (AvgIpc) is 3.32. The van der Waals surface area contributed by atoms with Gasteiger partial charge in [0, 0.05) is 29.5 Å². The predicted octanol–water partition coefficient (Wildman–Crippen LogP) is 5.66. The molecule has 2 atom stereocenters. The minimum absolute atomic E-state index is 0.00696. The highest BCUT2D eigenvalue weighted by molar-refractivity contribution is 7.98. The van der Waals surface area contributed by atoms with E-state index in [0.717, 1.165) is 21.6 Å². The number of thioether (sulfide) groups is 1. The standard InChI is InChI=1S/C30H31NO6S/c1-19-13-21(14-20(2)29(19)36-18-27(32)33)15-23-16-31(30(35)37-24-7-5-4-6-8-24)17-26(23)28(34)22-9-11-25(38-3)12-10-22/h4-14,23,26H,15-18H2,1-3H3,(H,32,33)/t23-,26?/m1/s1. The molecule has 0 aromatic heterocycles. The fourth-order valence-electron chi connectivity index (χ4n) is 4.97. The number of rotatable bonds is 9. The second-order valence-electron chi connectivity index (χ2n) is 9.49. The van der Waals surface area contributed by atoms with Crippen molar-refractivity contribution in [2.24, 2.45) is 11.8 Å². The van der Waals surface area contributed by atoms with Crippen molar-refractivity contribution in [3.05, 3.63) is 89.0 Å². The number of hydrogen-bond acceptors (Lipinski definition) is 6. The van der Waals surface area contributed by atoms with Crippen LogP contribution in [0.15, 0.2) is 71.6 Å². The maximum absolute atomic E-state index is 13.6. The number of carboxylic acids is 1. The number of aliphatic carboxylic acids is 1. The molecule has 0 bridgehead atoms. The number of amides is 1. The molecule has 38 heavy (non-hydrogen) atoms. The van der Waals surface area contributed by atoms with Crippen molar-refractivity contribution in [2.45, 2.75) is 25.2 Å². The third-order valence-electron chi connectivity index (χ3n) is 6.72. The number of Topliss-reactive ketones (excluding diaryl/α,β-unsaturated/α-hetero) is 1. The molecule has 3 aromatic carbocycles. The molecule has 1 saturated heterocycles. The van der Waals surface area contributed by atoms with Gasteiger partial charge in [-0.3, -0.25) is 4.79 Å². The zero-order chi connectivity index (χ0) is 27.2. The molecule has 1 aliphatic heterocycles. The van der Waals surface area contributed by atoms with Gasteiger partial charge >= 0.3 is 12.1 Å². The number of carbonyl (C=O) groups excluding carboxylic acids is 2. The summed E-state index contributed by atoms with van der Waals surface area (Å²) in [4.78, 5) is 40.3. The molecule has 0 spiro atoms. The van der Waals surface area contributed by atoms with E-state index in [1.165, 1.54) is 0 Å². The maximum atomic E-state index is 13.6. The van der Waals surface area contributed by atoms with Crippen LogP contribution in [0.4, 0.5) is 4.79 Å². The van der Waals surface area contributed by atoms with Crippen LogP contribution >= 0.6 is 11.8 Å². The summed E-state index contributed by atoms with van der Waals surface area (Å²) in [5.74, 6) is -0.518. The van der Waals surface area contributed by atoms with Gasteiger partial charge in [0.1, 0.15) is 11.5 Å². The van der Waals surface area contributed by atoms with Gasteiger partial charge in [-0.15, -0.1) is 11.8 Å². The Morgan fingerprint density at radius 1 is 0.974 bits per heavy atom. The Kier molecular flexibility index (Phi) is 8.73.